The molecule has 0 saturated heterocycles. The normalized spacial score (nSPS) is 11.1. The number of halogens is 1. The summed E-state index contributed by atoms with van der Waals surface area (Å²) in [5.74, 6) is 0.502. The monoisotopic (exact) mass is 276 g/mol. The molecule has 2 aromatic heterocycles. The van der Waals surface area contributed by atoms with Crippen LogP contribution in [0.15, 0.2) is 27.8 Å². The summed E-state index contributed by atoms with van der Waals surface area (Å²) in [6, 6.07) is 5.40. The lowest BCUT2D eigenvalue weighted by Gasteiger charge is -2.00. The van der Waals surface area contributed by atoms with Gasteiger partial charge in [0.05, 0.1) is 0 Å². The van der Waals surface area contributed by atoms with Crippen LogP contribution in [0.1, 0.15) is 5.56 Å². The molecular formula is C12H9ClN4O2. The van der Waals surface area contributed by atoms with Gasteiger partial charge in [-0.05, 0) is 30.7 Å². The molecule has 0 saturated carbocycles. The fourth-order valence-electron chi connectivity index (χ4n) is 1.86. The van der Waals surface area contributed by atoms with Crippen molar-refractivity contribution in [1.29, 1.82) is 0 Å². The van der Waals surface area contributed by atoms with E-state index in [4.69, 9.17) is 11.6 Å². The van der Waals surface area contributed by atoms with Crippen molar-refractivity contribution in [3.63, 3.8) is 0 Å². The summed E-state index contributed by atoms with van der Waals surface area (Å²) in [6.07, 6.45) is 0. The van der Waals surface area contributed by atoms with E-state index in [-0.39, 0.29) is 11.2 Å². The summed E-state index contributed by atoms with van der Waals surface area (Å²) in [7, 11) is 0. The van der Waals surface area contributed by atoms with Crippen molar-refractivity contribution in [2.24, 2.45) is 0 Å². The molecule has 0 atom stereocenters. The first-order valence-electron chi connectivity index (χ1n) is 5.53. The Morgan fingerprint density at radius 3 is 2.68 bits per heavy atom. The lowest BCUT2D eigenvalue weighted by molar-refractivity contribution is 1.07. The number of rotatable bonds is 1. The highest BCUT2D eigenvalue weighted by Crippen LogP contribution is 2.23. The SMILES string of the molecule is Cc1cc(-c2nc3[nH]c(=O)[nH]c(=O)c3[nH]2)ccc1Cl. The van der Waals surface area contributed by atoms with E-state index < -0.39 is 11.2 Å². The van der Waals surface area contributed by atoms with Crippen molar-refractivity contribution in [1.82, 2.24) is 19.9 Å². The second kappa shape index (κ2) is 4.10. The standard InChI is InChI=1S/C12H9ClN4O2/c1-5-4-6(2-3-7(5)13)9-14-8-10(15-9)16-12(19)17-11(8)18/h2-4H,1H3,(H3,14,15,16,17,18,19). The third-order valence-electron chi connectivity index (χ3n) is 2.82. The molecule has 96 valence electrons. The van der Waals surface area contributed by atoms with Crippen LogP contribution < -0.4 is 11.2 Å². The number of fused-ring (bicyclic) bond motifs is 1. The van der Waals surface area contributed by atoms with Crippen molar-refractivity contribution in [3.8, 4) is 11.4 Å². The van der Waals surface area contributed by atoms with Gasteiger partial charge in [-0.1, -0.05) is 11.6 Å². The van der Waals surface area contributed by atoms with Crippen LogP contribution in [0, 0.1) is 6.92 Å². The molecule has 0 aliphatic carbocycles. The van der Waals surface area contributed by atoms with Gasteiger partial charge in [-0.3, -0.25) is 14.8 Å². The molecular weight excluding hydrogens is 268 g/mol. The van der Waals surface area contributed by atoms with Crippen LogP contribution in [0.5, 0.6) is 0 Å². The maximum atomic E-state index is 11.6. The van der Waals surface area contributed by atoms with Crippen molar-refractivity contribution in [2.75, 3.05) is 0 Å². The molecule has 2 heterocycles. The smallest absolute Gasteiger partial charge is 0.327 e. The summed E-state index contributed by atoms with van der Waals surface area (Å²) in [4.78, 5) is 34.5. The number of aryl methyl sites for hydroxylation is 1. The maximum absolute atomic E-state index is 11.6. The average Bonchev–Trinajstić information content (AvgIpc) is 2.76. The van der Waals surface area contributed by atoms with Crippen LogP contribution in [0.4, 0.5) is 0 Å². The van der Waals surface area contributed by atoms with Crippen LogP contribution in [0.3, 0.4) is 0 Å². The third kappa shape index (κ3) is 1.96. The Bertz CT molecular complexity index is 891. The van der Waals surface area contributed by atoms with Gasteiger partial charge < -0.3 is 4.98 Å². The number of hydrogen-bond donors (Lipinski definition) is 3. The van der Waals surface area contributed by atoms with Gasteiger partial charge in [-0.15, -0.1) is 0 Å². The Labute approximate surface area is 111 Å². The molecule has 3 N–H and O–H groups in total. The van der Waals surface area contributed by atoms with Crippen LogP contribution in [0.25, 0.3) is 22.6 Å². The van der Waals surface area contributed by atoms with E-state index in [9.17, 15) is 9.59 Å². The number of benzene rings is 1. The molecule has 6 nitrogen and oxygen atoms in total. The van der Waals surface area contributed by atoms with Crippen LogP contribution >= 0.6 is 11.6 Å². The zero-order chi connectivity index (χ0) is 13.6. The van der Waals surface area contributed by atoms with Gasteiger partial charge in [0, 0.05) is 10.6 Å². The second-order valence-corrected chi connectivity index (χ2v) is 4.59. The number of aromatic amines is 3. The first-order valence-corrected chi connectivity index (χ1v) is 5.91. The van der Waals surface area contributed by atoms with Crippen LogP contribution in [-0.4, -0.2) is 19.9 Å². The Balaban J connectivity index is 2.26. The number of aromatic nitrogens is 4. The van der Waals surface area contributed by atoms with Gasteiger partial charge >= 0.3 is 5.69 Å². The number of imidazole rings is 1. The van der Waals surface area contributed by atoms with Crippen molar-refractivity contribution in [2.45, 2.75) is 6.92 Å². The van der Waals surface area contributed by atoms with Crippen molar-refractivity contribution < 1.29 is 0 Å². The molecule has 3 aromatic rings. The summed E-state index contributed by atoms with van der Waals surface area (Å²) in [5.41, 5.74) is 1.09. The van der Waals surface area contributed by atoms with E-state index in [1.54, 1.807) is 12.1 Å². The first kappa shape index (κ1) is 11.7. The summed E-state index contributed by atoms with van der Waals surface area (Å²) < 4.78 is 0. The van der Waals surface area contributed by atoms with Gasteiger partial charge in [-0.25, -0.2) is 9.78 Å². The largest absolute Gasteiger partial charge is 0.332 e. The molecule has 1 aromatic carbocycles. The van der Waals surface area contributed by atoms with Gasteiger partial charge in [0.2, 0.25) is 0 Å². The lowest BCUT2D eigenvalue weighted by atomic mass is 10.1. The minimum absolute atomic E-state index is 0.233. The zero-order valence-electron chi connectivity index (χ0n) is 9.87. The molecule has 3 rings (SSSR count). The molecule has 19 heavy (non-hydrogen) atoms. The van der Waals surface area contributed by atoms with E-state index in [2.05, 4.69) is 19.9 Å². The summed E-state index contributed by atoms with van der Waals surface area (Å²) in [5, 5.41) is 0.658. The molecule has 0 fully saturated rings. The predicted octanol–water partition coefficient (Wildman–Crippen LogP) is 1.57. The Kier molecular flexibility index (Phi) is 2.53. The first-order chi connectivity index (χ1) is 9.04. The molecule has 0 aliphatic rings. The number of H-pyrrole nitrogens is 3. The minimum Gasteiger partial charge on any atom is -0.332 e. The van der Waals surface area contributed by atoms with Gasteiger partial charge in [0.15, 0.2) is 5.65 Å². The quantitative estimate of drug-likeness (QED) is 0.629. The summed E-state index contributed by atoms with van der Waals surface area (Å²) in [6.45, 7) is 1.88. The highest BCUT2D eigenvalue weighted by atomic mass is 35.5. The van der Waals surface area contributed by atoms with E-state index >= 15 is 0 Å². The molecule has 0 aliphatic heterocycles. The number of nitrogens with zero attached hydrogens (tertiary/aromatic N) is 1. The average molecular weight is 277 g/mol. The molecule has 0 spiro atoms. The van der Waals surface area contributed by atoms with E-state index in [0.29, 0.717) is 10.8 Å². The third-order valence-corrected chi connectivity index (χ3v) is 3.25. The van der Waals surface area contributed by atoms with E-state index in [1.807, 2.05) is 13.0 Å². The zero-order valence-corrected chi connectivity index (χ0v) is 10.6. The minimum atomic E-state index is -0.581. The van der Waals surface area contributed by atoms with Gasteiger partial charge in [-0.2, -0.15) is 0 Å². The number of hydrogen-bond acceptors (Lipinski definition) is 3. The summed E-state index contributed by atoms with van der Waals surface area (Å²) >= 11 is 5.96. The highest BCUT2D eigenvalue weighted by molar-refractivity contribution is 6.31. The fraction of sp³-hybridized carbons (Fsp3) is 0.0833. The molecule has 0 bridgehead atoms. The van der Waals surface area contributed by atoms with Gasteiger partial charge in [0.25, 0.3) is 5.56 Å². The number of nitrogens with one attached hydrogen (secondary N) is 3. The topological polar surface area (TPSA) is 94.4 Å². The Morgan fingerprint density at radius 1 is 1.16 bits per heavy atom. The van der Waals surface area contributed by atoms with Crippen molar-refractivity contribution >= 4 is 22.8 Å². The van der Waals surface area contributed by atoms with Crippen LogP contribution in [-0.2, 0) is 0 Å². The molecule has 0 unspecified atom stereocenters. The highest BCUT2D eigenvalue weighted by Gasteiger charge is 2.09. The molecule has 0 amide bonds. The van der Waals surface area contributed by atoms with Crippen molar-refractivity contribution in [3.05, 3.63) is 49.6 Å². The fourth-order valence-corrected chi connectivity index (χ4v) is 1.98. The van der Waals surface area contributed by atoms with Gasteiger partial charge in [0.1, 0.15) is 11.3 Å². The Morgan fingerprint density at radius 2 is 1.95 bits per heavy atom. The molecule has 0 radical (unpaired) electrons. The van der Waals surface area contributed by atoms with E-state index in [1.165, 1.54) is 0 Å². The lowest BCUT2D eigenvalue weighted by Crippen LogP contribution is -2.21. The Hall–Kier alpha value is -2.34. The molecule has 7 heteroatoms. The maximum Gasteiger partial charge on any atom is 0.327 e. The predicted molar refractivity (Wildman–Crippen MR) is 72.5 cm³/mol. The van der Waals surface area contributed by atoms with E-state index in [0.717, 1.165) is 11.1 Å². The second-order valence-electron chi connectivity index (χ2n) is 4.18. The van der Waals surface area contributed by atoms with Crippen LogP contribution in [0.2, 0.25) is 5.02 Å².